The molecule has 1 aliphatic heterocycles. The fraction of sp³-hybridized carbons (Fsp3) is 0.429. The Kier molecular flexibility index (Phi) is 4.48. The molecule has 19 heavy (non-hydrogen) atoms. The van der Waals surface area contributed by atoms with Crippen molar-refractivity contribution in [2.24, 2.45) is 0 Å². The lowest BCUT2D eigenvalue weighted by atomic mass is 10.1. The van der Waals surface area contributed by atoms with Gasteiger partial charge in [0, 0.05) is 19.0 Å². The van der Waals surface area contributed by atoms with E-state index in [-0.39, 0.29) is 22.8 Å². The Hall–Kier alpha value is -1.06. The summed E-state index contributed by atoms with van der Waals surface area (Å²) in [6.07, 6.45) is 2.19. The average Bonchev–Trinajstić information content (AvgIpc) is 2.79. The van der Waals surface area contributed by atoms with Gasteiger partial charge in [0.1, 0.15) is 5.78 Å². The minimum Gasteiger partial charge on any atom is -0.335 e. The van der Waals surface area contributed by atoms with Crippen molar-refractivity contribution in [2.45, 2.75) is 32.2 Å². The SMILES string of the molecule is CC(=O)CC1CCCN1C(=O)c1cccc(Cl)c1Cl. The number of carbonyl (C=O) groups is 2. The minimum atomic E-state index is -0.142. The van der Waals surface area contributed by atoms with Crippen LogP contribution in [0.1, 0.15) is 36.5 Å². The second-order valence-corrected chi connectivity index (χ2v) is 5.59. The summed E-state index contributed by atoms with van der Waals surface area (Å²) < 4.78 is 0. The lowest BCUT2D eigenvalue weighted by molar-refractivity contribution is -0.117. The summed E-state index contributed by atoms with van der Waals surface area (Å²) in [7, 11) is 0. The number of hydrogen-bond acceptors (Lipinski definition) is 2. The number of halogens is 2. The zero-order chi connectivity index (χ0) is 14.0. The number of Topliss-reactive ketones (excluding diaryl/α,β-unsaturated/α-hetero) is 1. The highest BCUT2D eigenvalue weighted by molar-refractivity contribution is 6.43. The first kappa shape index (κ1) is 14.4. The normalized spacial score (nSPS) is 18.7. The maximum absolute atomic E-state index is 12.5. The molecule has 102 valence electrons. The average molecular weight is 300 g/mol. The molecule has 0 bridgehead atoms. The van der Waals surface area contributed by atoms with Gasteiger partial charge in [0.05, 0.1) is 15.6 Å². The Bertz CT molecular complexity index is 516. The second-order valence-electron chi connectivity index (χ2n) is 4.80. The van der Waals surface area contributed by atoms with Crippen molar-refractivity contribution in [2.75, 3.05) is 6.54 Å². The third-order valence-corrected chi connectivity index (χ3v) is 4.16. The van der Waals surface area contributed by atoms with Gasteiger partial charge in [-0.05, 0) is 31.9 Å². The third kappa shape index (κ3) is 3.10. The largest absolute Gasteiger partial charge is 0.335 e. The zero-order valence-corrected chi connectivity index (χ0v) is 12.2. The summed E-state index contributed by atoms with van der Waals surface area (Å²) in [6, 6.07) is 5.01. The Balaban J connectivity index is 2.23. The molecule has 0 N–H and O–H groups in total. The van der Waals surface area contributed by atoms with Crippen LogP contribution in [0.5, 0.6) is 0 Å². The van der Waals surface area contributed by atoms with E-state index in [9.17, 15) is 9.59 Å². The smallest absolute Gasteiger partial charge is 0.255 e. The van der Waals surface area contributed by atoms with Gasteiger partial charge in [0.2, 0.25) is 0 Å². The highest BCUT2D eigenvalue weighted by atomic mass is 35.5. The second kappa shape index (κ2) is 5.93. The van der Waals surface area contributed by atoms with Gasteiger partial charge in [-0.25, -0.2) is 0 Å². The van der Waals surface area contributed by atoms with Crippen LogP contribution in [0.15, 0.2) is 18.2 Å². The molecule has 2 rings (SSSR count). The van der Waals surface area contributed by atoms with Crippen molar-refractivity contribution in [1.82, 2.24) is 4.90 Å². The predicted octanol–water partition coefficient (Wildman–Crippen LogP) is 3.58. The van der Waals surface area contributed by atoms with Gasteiger partial charge in [-0.1, -0.05) is 29.3 Å². The van der Waals surface area contributed by atoms with Crippen LogP contribution in [-0.2, 0) is 4.79 Å². The van der Waals surface area contributed by atoms with E-state index in [1.165, 1.54) is 0 Å². The van der Waals surface area contributed by atoms with Crippen molar-refractivity contribution in [3.8, 4) is 0 Å². The van der Waals surface area contributed by atoms with E-state index in [1.54, 1.807) is 30.0 Å². The molecule has 1 aliphatic rings. The van der Waals surface area contributed by atoms with Crippen LogP contribution in [-0.4, -0.2) is 29.2 Å². The lowest BCUT2D eigenvalue weighted by Crippen LogP contribution is -2.36. The van der Waals surface area contributed by atoms with Gasteiger partial charge in [-0.2, -0.15) is 0 Å². The molecular formula is C14H15Cl2NO2. The molecular weight excluding hydrogens is 285 g/mol. The van der Waals surface area contributed by atoms with Gasteiger partial charge >= 0.3 is 0 Å². The summed E-state index contributed by atoms with van der Waals surface area (Å²) in [4.78, 5) is 25.5. The van der Waals surface area contributed by atoms with Crippen LogP contribution in [0.2, 0.25) is 10.0 Å². The standard InChI is InChI=1S/C14H15Cl2NO2/c1-9(18)8-10-4-3-7-17(10)14(19)11-5-2-6-12(15)13(11)16/h2,5-6,10H,3-4,7-8H2,1H3. The van der Waals surface area contributed by atoms with E-state index >= 15 is 0 Å². The molecule has 1 aromatic carbocycles. The van der Waals surface area contributed by atoms with Gasteiger partial charge in [0.15, 0.2) is 0 Å². The van der Waals surface area contributed by atoms with Crippen LogP contribution in [0.25, 0.3) is 0 Å². The quantitative estimate of drug-likeness (QED) is 0.855. The molecule has 0 spiro atoms. The lowest BCUT2D eigenvalue weighted by Gasteiger charge is -2.24. The number of carbonyl (C=O) groups excluding carboxylic acids is 2. The fourth-order valence-corrected chi connectivity index (χ4v) is 2.85. The first-order valence-electron chi connectivity index (χ1n) is 6.25. The van der Waals surface area contributed by atoms with Gasteiger partial charge in [-0.3, -0.25) is 9.59 Å². The van der Waals surface area contributed by atoms with Gasteiger partial charge in [0.25, 0.3) is 5.91 Å². The molecule has 1 aromatic rings. The van der Waals surface area contributed by atoms with Crippen LogP contribution < -0.4 is 0 Å². The van der Waals surface area contributed by atoms with Crippen molar-refractivity contribution < 1.29 is 9.59 Å². The van der Waals surface area contributed by atoms with E-state index in [4.69, 9.17) is 23.2 Å². The molecule has 1 unspecified atom stereocenters. The Labute approximate surface area is 122 Å². The Morgan fingerprint density at radius 2 is 2.11 bits per heavy atom. The predicted molar refractivity (Wildman–Crippen MR) is 75.8 cm³/mol. The Morgan fingerprint density at radius 3 is 2.79 bits per heavy atom. The van der Waals surface area contributed by atoms with Crippen molar-refractivity contribution in [1.29, 1.82) is 0 Å². The summed E-state index contributed by atoms with van der Waals surface area (Å²) in [5.74, 6) is -0.0434. The molecule has 1 fully saturated rings. The Morgan fingerprint density at radius 1 is 1.37 bits per heavy atom. The van der Waals surface area contributed by atoms with E-state index in [1.807, 2.05) is 0 Å². The summed E-state index contributed by atoms with van der Waals surface area (Å²) in [5, 5.41) is 0.650. The number of benzene rings is 1. The molecule has 0 aromatic heterocycles. The molecule has 3 nitrogen and oxygen atoms in total. The topological polar surface area (TPSA) is 37.4 Å². The number of amides is 1. The van der Waals surface area contributed by atoms with E-state index in [0.29, 0.717) is 23.6 Å². The minimum absolute atomic E-state index is 0.0138. The first-order valence-corrected chi connectivity index (χ1v) is 7.00. The summed E-state index contributed by atoms with van der Waals surface area (Å²) >= 11 is 12.0. The molecule has 0 saturated carbocycles. The highest BCUT2D eigenvalue weighted by Gasteiger charge is 2.31. The van der Waals surface area contributed by atoms with Gasteiger partial charge in [-0.15, -0.1) is 0 Å². The summed E-state index contributed by atoms with van der Waals surface area (Å²) in [5.41, 5.74) is 0.407. The van der Waals surface area contributed by atoms with Crippen molar-refractivity contribution in [3.05, 3.63) is 33.8 Å². The van der Waals surface area contributed by atoms with Crippen LogP contribution in [0, 0.1) is 0 Å². The van der Waals surface area contributed by atoms with Crippen LogP contribution in [0.3, 0.4) is 0 Å². The molecule has 1 amide bonds. The number of likely N-dealkylation sites (tertiary alicyclic amines) is 1. The number of ketones is 1. The third-order valence-electron chi connectivity index (χ3n) is 3.34. The molecule has 5 heteroatoms. The van der Waals surface area contributed by atoms with Crippen molar-refractivity contribution in [3.63, 3.8) is 0 Å². The molecule has 0 aliphatic carbocycles. The van der Waals surface area contributed by atoms with E-state index < -0.39 is 0 Å². The van der Waals surface area contributed by atoms with Crippen LogP contribution in [0.4, 0.5) is 0 Å². The zero-order valence-electron chi connectivity index (χ0n) is 10.7. The molecule has 1 saturated heterocycles. The highest BCUT2D eigenvalue weighted by Crippen LogP contribution is 2.29. The maximum Gasteiger partial charge on any atom is 0.255 e. The fourth-order valence-electron chi connectivity index (χ4n) is 2.47. The van der Waals surface area contributed by atoms with Crippen LogP contribution >= 0.6 is 23.2 Å². The van der Waals surface area contributed by atoms with Crippen molar-refractivity contribution >= 4 is 34.9 Å². The molecule has 1 atom stereocenters. The molecule has 1 heterocycles. The number of rotatable bonds is 3. The molecule has 0 radical (unpaired) electrons. The monoisotopic (exact) mass is 299 g/mol. The number of nitrogens with zero attached hydrogens (tertiary/aromatic N) is 1. The number of hydrogen-bond donors (Lipinski definition) is 0. The van der Waals surface area contributed by atoms with E-state index in [2.05, 4.69) is 0 Å². The van der Waals surface area contributed by atoms with E-state index in [0.717, 1.165) is 12.8 Å². The summed E-state index contributed by atoms with van der Waals surface area (Å²) in [6.45, 7) is 2.22. The maximum atomic E-state index is 12.5. The van der Waals surface area contributed by atoms with Gasteiger partial charge < -0.3 is 4.90 Å². The first-order chi connectivity index (χ1) is 9.00.